The van der Waals surface area contributed by atoms with Crippen LogP contribution < -0.4 is 4.90 Å². The molecule has 0 aromatic heterocycles. The van der Waals surface area contributed by atoms with Crippen molar-refractivity contribution in [2.75, 3.05) is 17.2 Å². The number of nitro benzene ring substituents is 1. The van der Waals surface area contributed by atoms with Gasteiger partial charge in [0.25, 0.3) is 5.69 Å². The van der Waals surface area contributed by atoms with E-state index in [9.17, 15) is 24.5 Å². The molecule has 1 heterocycles. The summed E-state index contributed by atoms with van der Waals surface area (Å²) in [5.74, 6) is -1.11. The fourth-order valence-electron chi connectivity index (χ4n) is 2.36. The van der Waals surface area contributed by atoms with Crippen LogP contribution in [0.2, 0.25) is 0 Å². The van der Waals surface area contributed by atoms with Crippen molar-refractivity contribution in [3.8, 4) is 0 Å². The highest BCUT2D eigenvalue weighted by Crippen LogP contribution is 2.31. The van der Waals surface area contributed by atoms with Gasteiger partial charge in [0, 0.05) is 37.8 Å². The van der Waals surface area contributed by atoms with Crippen molar-refractivity contribution in [3.63, 3.8) is 0 Å². The SMILES string of the molecule is CC(=O)SCC1CC(=O)N(c2cc(C(=O)O)cc([N+](=O)[O-])c2)C1. The highest BCUT2D eigenvalue weighted by atomic mass is 32.2. The minimum absolute atomic E-state index is 0.0422. The molecule has 122 valence electrons. The van der Waals surface area contributed by atoms with E-state index >= 15 is 0 Å². The largest absolute Gasteiger partial charge is 0.478 e. The first kappa shape index (κ1) is 16.9. The van der Waals surface area contributed by atoms with Gasteiger partial charge < -0.3 is 10.0 Å². The number of benzene rings is 1. The molecular formula is C14H14N2O6S. The molecule has 1 aromatic rings. The summed E-state index contributed by atoms with van der Waals surface area (Å²) in [5.41, 5.74) is -0.435. The van der Waals surface area contributed by atoms with Crippen molar-refractivity contribution in [2.24, 2.45) is 5.92 Å². The molecule has 1 unspecified atom stereocenters. The molecule has 1 atom stereocenters. The van der Waals surface area contributed by atoms with Crippen LogP contribution in [0, 0.1) is 16.0 Å². The molecule has 1 aliphatic heterocycles. The van der Waals surface area contributed by atoms with E-state index < -0.39 is 10.9 Å². The number of carboxylic acid groups (broad SMARTS) is 1. The zero-order valence-corrected chi connectivity index (χ0v) is 13.0. The smallest absolute Gasteiger partial charge is 0.336 e. The average molecular weight is 338 g/mol. The minimum Gasteiger partial charge on any atom is -0.478 e. The molecule has 1 aromatic carbocycles. The number of amides is 1. The van der Waals surface area contributed by atoms with Gasteiger partial charge in [-0.3, -0.25) is 19.7 Å². The summed E-state index contributed by atoms with van der Waals surface area (Å²) >= 11 is 1.12. The molecule has 0 radical (unpaired) electrons. The lowest BCUT2D eigenvalue weighted by atomic mass is 10.1. The third-order valence-corrected chi connectivity index (χ3v) is 4.44. The van der Waals surface area contributed by atoms with Crippen molar-refractivity contribution < 1.29 is 24.4 Å². The Morgan fingerprint density at radius 2 is 2.13 bits per heavy atom. The Morgan fingerprint density at radius 1 is 1.43 bits per heavy atom. The molecule has 8 nitrogen and oxygen atoms in total. The van der Waals surface area contributed by atoms with E-state index in [0.29, 0.717) is 12.3 Å². The number of rotatable bonds is 5. The Labute approximate surface area is 135 Å². The zero-order chi connectivity index (χ0) is 17.1. The van der Waals surface area contributed by atoms with Gasteiger partial charge in [-0.1, -0.05) is 11.8 Å². The van der Waals surface area contributed by atoms with Gasteiger partial charge in [-0.05, 0) is 12.0 Å². The second kappa shape index (κ2) is 6.78. The van der Waals surface area contributed by atoms with Crippen molar-refractivity contribution in [1.82, 2.24) is 0 Å². The number of aromatic carboxylic acids is 1. The maximum atomic E-state index is 12.1. The van der Waals surface area contributed by atoms with Crippen LogP contribution in [-0.2, 0) is 9.59 Å². The van der Waals surface area contributed by atoms with E-state index in [1.165, 1.54) is 24.0 Å². The third kappa shape index (κ3) is 4.07. The van der Waals surface area contributed by atoms with Crippen LogP contribution in [0.4, 0.5) is 11.4 Å². The molecule has 23 heavy (non-hydrogen) atoms. The average Bonchev–Trinajstić information content (AvgIpc) is 2.85. The topological polar surface area (TPSA) is 118 Å². The summed E-state index contributed by atoms with van der Waals surface area (Å²) in [7, 11) is 0. The molecule has 1 amide bonds. The Morgan fingerprint density at radius 3 is 2.70 bits per heavy atom. The van der Waals surface area contributed by atoms with Crippen LogP contribution in [0.5, 0.6) is 0 Å². The quantitative estimate of drug-likeness (QED) is 0.643. The number of non-ortho nitro benzene ring substituents is 1. The molecule has 1 saturated heterocycles. The summed E-state index contributed by atoms with van der Waals surface area (Å²) in [6.07, 6.45) is 0.228. The summed E-state index contributed by atoms with van der Waals surface area (Å²) in [6, 6.07) is 3.38. The van der Waals surface area contributed by atoms with Crippen LogP contribution in [0.25, 0.3) is 0 Å². The molecule has 9 heteroatoms. The summed E-state index contributed by atoms with van der Waals surface area (Å²) in [5, 5.41) is 19.9. The maximum Gasteiger partial charge on any atom is 0.336 e. The van der Waals surface area contributed by atoms with E-state index in [-0.39, 0.29) is 40.3 Å². The first-order chi connectivity index (χ1) is 10.8. The highest BCUT2D eigenvalue weighted by molar-refractivity contribution is 8.13. The molecule has 0 spiro atoms. The van der Waals surface area contributed by atoms with Crippen LogP contribution in [-0.4, -0.2) is 39.3 Å². The van der Waals surface area contributed by atoms with Gasteiger partial charge in [0.2, 0.25) is 5.91 Å². The second-order valence-corrected chi connectivity index (χ2v) is 6.37. The van der Waals surface area contributed by atoms with E-state index in [1.807, 2.05) is 0 Å². The van der Waals surface area contributed by atoms with Crippen LogP contribution >= 0.6 is 11.8 Å². The van der Waals surface area contributed by atoms with Crippen molar-refractivity contribution in [1.29, 1.82) is 0 Å². The number of hydrogen-bond acceptors (Lipinski definition) is 6. The molecule has 1 aliphatic rings. The van der Waals surface area contributed by atoms with Gasteiger partial charge in [-0.2, -0.15) is 0 Å². The molecule has 1 fully saturated rings. The fourth-order valence-corrected chi connectivity index (χ4v) is 3.05. The van der Waals surface area contributed by atoms with E-state index in [2.05, 4.69) is 0 Å². The first-order valence-corrected chi connectivity index (χ1v) is 7.73. The number of thioether (sulfide) groups is 1. The second-order valence-electron chi connectivity index (χ2n) is 5.18. The van der Waals surface area contributed by atoms with E-state index in [1.54, 1.807) is 0 Å². The Bertz CT molecular complexity index is 658. The van der Waals surface area contributed by atoms with Crippen LogP contribution in [0.3, 0.4) is 0 Å². The van der Waals surface area contributed by atoms with Crippen LogP contribution in [0.15, 0.2) is 18.2 Å². The summed E-state index contributed by atoms with van der Waals surface area (Å²) in [4.78, 5) is 45.8. The Kier molecular flexibility index (Phi) is 4.99. The standard InChI is InChI=1S/C14H14N2O6S/c1-8(17)23-7-9-2-13(18)15(6-9)11-3-10(14(19)20)4-12(5-11)16(21)22/h3-5,9H,2,6-7H2,1H3,(H,19,20). The van der Waals surface area contributed by atoms with Gasteiger partial charge in [0.1, 0.15) is 0 Å². The number of carboxylic acids is 1. The number of nitrogens with zero attached hydrogens (tertiary/aromatic N) is 2. The molecule has 0 saturated carbocycles. The number of hydrogen-bond donors (Lipinski definition) is 1. The fraction of sp³-hybridized carbons (Fsp3) is 0.357. The lowest BCUT2D eigenvalue weighted by molar-refractivity contribution is -0.384. The summed E-state index contributed by atoms with van der Waals surface area (Å²) in [6.45, 7) is 1.75. The monoisotopic (exact) mass is 338 g/mol. The number of carbonyl (C=O) groups is 3. The van der Waals surface area contributed by atoms with Crippen molar-refractivity contribution >= 4 is 40.1 Å². The number of nitro groups is 1. The van der Waals surface area contributed by atoms with E-state index in [4.69, 9.17) is 5.11 Å². The molecule has 0 aliphatic carbocycles. The number of anilines is 1. The van der Waals surface area contributed by atoms with Crippen molar-refractivity contribution in [3.05, 3.63) is 33.9 Å². The first-order valence-electron chi connectivity index (χ1n) is 6.74. The summed E-state index contributed by atoms with van der Waals surface area (Å²) < 4.78 is 0. The normalized spacial score (nSPS) is 17.3. The Balaban J connectivity index is 2.27. The maximum absolute atomic E-state index is 12.1. The predicted molar refractivity (Wildman–Crippen MR) is 83.7 cm³/mol. The van der Waals surface area contributed by atoms with Gasteiger partial charge in [-0.15, -0.1) is 0 Å². The zero-order valence-electron chi connectivity index (χ0n) is 12.2. The van der Waals surface area contributed by atoms with Gasteiger partial charge >= 0.3 is 5.97 Å². The van der Waals surface area contributed by atoms with Crippen molar-refractivity contribution in [2.45, 2.75) is 13.3 Å². The molecule has 2 rings (SSSR count). The van der Waals surface area contributed by atoms with Crippen LogP contribution in [0.1, 0.15) is 23.7 Å². The van der Waals surface area contributed by atoms with Gasteiger partial charge in [0.15, 0.2) is 5.12 Å². The highest BCUT2D eigenvalue weighted by Gasteiger charge is 2.32. The number of carbonyl (C=O) groups excluding carboxylic acids is 2. The molecule has 1 N–H and O–H groups in total. The predicted octanol–water partition coefficient (Wildman–Crippen LogP) is 1.93. The molecule has 0 bridgehead atoms. The lowest BCUT2D eigenvalue weighted by Crippen LogP contribution is -2.25. The lowest BCUT2D eigenvalue weighted by Gasteiger charge is -2.17. The third-order valence-electron chi connectivity index (χ3n) is 3.40. The molecular weight excluding hydrogens is 324 g/mol. The van der Waals surface area contributed by atoms with Gasteiger partial charge in [0.05, 0.1) is 16.2 Å². The Hall–Kier alpha value is -2.42. The van der Waals surface area contributed by atoms with Gasteiger partial charge in [-0.25, -0.2) is 4.79 Å². The minimum atomic E-state index is -1.30. The van der Waals surface area contributed by atoms with E-state index in [0.717, 1.165) is 17.8 Å².